The van der Waals surface area contributed by atoms with Crippen molar-refractivity contribution in [2.24, 2.45) is 5.41 Å². The van der Waals surface area contributed by atoms with Gasteiger partial charge in [0.15, 0.2) is 0 Å². The molecule has 0 aromatic carbocycles. The van der Waals surface area contributed by atoms with Gasteiger partial charge >= 0.3 is 0 Å². The smallest absolute Gasteiger partial charge is 0.0938 e. The molecule has 16 heavy (non-hydrogen) atoms. The lowest BCUT2D eigenvalue weighted by atomic mass is 9.82. The number of rotatable bonds is 3. The summed E-state index contributed by atoms with van der Waals surface area (Å²) < 4.78 is 5.40. The summed E-state index contributed by atoms with van der Waals surface area (Å²) in [6, 6.07) is 0. The van der Waals surface area contributed by atoms with Crippen molar-refractivity contribution >= 4 is 15.9 Å². The van der Waals surface area contributed by atoms with Crippen LogP contribution in [0.25, 0.3) is 0 Å². The molecule has 0 amide bonds. The number of aliphatic hydroxyl groups excluding tert-OH is 2. The van der Waals surface area contributed by atoms with Crippen LogP contribution in [0.15, 0.2) is 0 Å². The monoisotopic (exact) mass is 293 g/mol. The normalized spacial score (nSPS) is 35.4. The summed E-state index contributed by atoms with van der Waals surface area (Å²) in [4.78, 5) is 2.17. The van der Waals surface area contributed by atoms with E-state index in [2.05, 4.69) is 20.8 Å². The Kier molecular flexibility index (Phi) is 4.24. The first-order chi connectivity index (χ1) is 7.65. The fourth-order valence-electron chi connectivity index (χ4n) is 2.59. The number of hydrogen-bond donors (Lipinski definition) is 2. The molecule has 5 heteroatoms. The van der Waals surface area contributed by atoms with E-state index >= 15 is 0 Å². The van der Waals surface area contributed by atoms with Crippen LogP contribution in [0.1, 0.15) is 12.8 Å². The lowest BCUT2D eigenvalue weighted by molar-refractivity contribution is 0.00977. The molecule has 2 rings (SSSR count). The summed E-state index contributed by atoms with van der Waals surface area (Å²) in [7, 11) is 0. The highest BCUT2D eigenvalue weighted by molar-refractivity contribution is 9.09. The molecule has 2 aliphatic rings. The summed E-state index contributed by atoms with van der Waals surface area (Å²) in [5.41, 5.74) is 0.252. The second-order valence-corrected chi connectivity index (χ2v) is 5.64. The third kappa shape index (κ3) is 2.76. The number of nitrogens with zero attached hydrogens (tertiary/aromatic N) is 1. The molecule has 4 nitrogen and oxygen atoms in total. The van der Waals surface area contributed by atoms with Crippen LogP contribution in [0.4, 0.5) is 0 Å². The van der Waals surface area contributed by atoms with E-state index in [0.29, 0.717) is 13.1 Å². The van der Waals surface area contributed by atoms with E-state index in [0.717, 1.165) is 37.9 Å². The van der Waals surface area contributed by atoms with Gasteiger partial charge in [0.1, 0.15) is 0 Å². The number of alkyl halides is 1. The van der Waals surface area contributed by atoms with Gasteiger partial charge in [0.2, 0.25) is 0 Å². The second kappa shape index (κ2) is 5.31. The third-order valence-electron chi connectivity index (χ3n) is 3.73. The van der Waals surface area contributed by atoms with Crippen LogP contribution in [0.3, 0.4) is 0 Å². The van der Waals surface area contributed by atoms with E-state index < -0.39 is 12.2 Å². The first-order valence-electron chi connectivity index (χ1n) is 5.87. The fourth-order valence-corrected chi connectivity index (χ4v) is 3.33. The highest BCUT2D eigenvalue weighted by atomic mass is 79.9. The molecule has 2 atom stereocenters. The van der Waals surface area contributed by atoms with Crippen molar-refractivity contribution in [1.82, 2.24) is 4.90 Å². The first-order valence-corrected chi connectivity index (χ1v) is 7.00. The maximum atomic E-state index is 9.53. The third-order valence-corrected chi connectivity index (χ3v) is 4.92. The molecule has 0 bridgehead atoms. The van der Waals surface area contributed by atoms with Crippen LogP contribution >= 0.6 is 15.9 Å². The van der Waals surface area contributed by atoms with E-state index in [1.807, 2.05) is 0 Å². The van der Waals surface area contributed by atoms with Gasteiger partial charge < -0.3 is 14.9 Å². The van der Waals surface area contributed by atoms with E-state index in [4.69, 9.17) is 4.74 Å². The molecular formula is C11H20BrNO3. The predicted octanol–water partition coefficient (Wildman–Crippen LogP) is 0.216. The van der Waals surface area contributed by atoms with Crippen molar-refractivity contribution in [2.45, 2.75) is 25.0 Å². The zero-order chi connectivity index (χ0) is 11.6. The molecule has 2 saturated heterocycles. The average Bonchev–Trinajstić information content (AvgIpc) is 2.59. The van der Waals surface area contributed by atoms with Crippen molar-refractivity contribution < 1.29 is 14.9 Å². The van der Waals surface area contributed by atoms with Crippen molar-refractivity contribution in [3.63, 3.8) is 0 Å². The van der Waals surface area contributed by atoms with Crippen LogP contribution in [0, 0.1) is 5.41 Å². The van der Waals surface area contributed by atoms with E-state index in [-0.39, 0.29) is 5.41 Å². The van der Waals surface area contributed by atoms with Crippen molar-refractivity contribution in [1.29, 1.82) is 0 Å². The highest BCUT2D eigenvalue weighted by Gasteiger charge is 2.37. The Morgan fingerprint density at radius 1 is 1.19 bits per heavy atom. The van der Waals surface area contributed by atoms with Crippen LogP contribution in [-0.4, -0.2) is 65.5 Å². The summed E-state index contributed by atoms with van der Waals surface area (Å²) in [6.45, 7) is 3.78. The zero-order valence-corrected chi connectivity index (χ0v) is 11.0. The number of halogens is 1. The molecule has 2 aliphatic heterocycles. The van der Waals surface area contributed by atoms with Gasteiger partial charge in [-0.05, 0) is 18.3 Å². The number of ether oxygens (including phenoxy) is 1. The Morgan fingerprint density at radius 2 is 1.75 bits per heavy atom. The van der Waals surface area contributed by atoms with Gasteiger partial charge in [0.25, 0.3) is 0 Å². The largest absolute Gasteiger partial charge is 0.389 e. The van der Waals surface area contributed by atoms with Crippen molar-refractivity contribution in [3.8, 4) is 0 Å². The maximum absolute atomic E-state index is 9.53. The van der Waals surface area contributed by atoms with E-state index in [1.54, 1.807) is 0 Å². The first kappa shape index (κ1) is 12.8. The Balaban J connectivity index is 1.91. The second-order valence-electron chi connectivity index (χ2n) is 5.07. The summed E-state index contributed by atoms with van der Waals surface area (Å²) in [6.07, 6.45) is 0.960. The van der Waals surface area contributed by atoms with Crippen LogP contribution < -0.4 is 0 Å². The molecule has 2 unspecified atom stereocenters. The molecule has 0 aliphatic carbocycles. The molecule has 0 radical (unpaired) electrons. The Morgan fingerprint density at radius 3 is 2.25 bits per heavy atom. The standard InChI is InChI=1S/C11H20BrNO3/c12-7-11(1-3-16-4-2-11)8-13-5-9(14)10(15)6-13/h9-10,14-15H,1-8H2. The maximum Gasteiger partial charge on any atom is 0.0938 e. The Bertz CT molecular complexity index is 223. The topological polar surface area (TPSA) is 52.9 Å². The molecule has 2 N–H and O–H groups in total. The van der Waals surface area contributed by atoms with Gasteiger partial charge in [-0.2, -0.15) is 0 Å². The average molecular weight is 294 g/mol. The SMILES string of the molecule is OC1CN(CC2(CBr)CCOCC2)CC1O. The number of likely N-dealkylation sites (tertiary alicyclic amines) is 1. The van der Waals surface area contributed by atoms with Gasteiger partial charge in [-0.1, -0.05) is 15.9 Å². The minimum absolute atomic E-state index is 0.252. The summed E-state index contributed by atoms with van der Waals surface area (Å²) in [5, 5.41) is 20.0. The molecule has 0 saturated carbocycles. The van der Waals surface area contributed by atoms with Crippen LogP contribution in [0.5, 0.6) is 0 Å². The van der Waals surface area contributed by atoms with Gasteiger partial charge in [-0.15, -0.1) is 0 Å². The molecule has 0 aromatic rings. The molecule has 0 spiro atoms. The van der Waals surface area contributed by atoms with Gasteiger partial charge in [0.05, 0.1) is 12.2 Å². The molecule has 2 heterocycles. The van der Waals surface area contributed by atoms with Gasteiger partial charge in [0, 0.05) is 38.2 Å². The van der Waals surface area contributed by atoms with Crippen LogP contribution in [-0.2, 0) is 4.74 Å². The van der Waals surface area contributed by atoms with Gasteiger partial charge in [-0.25, -0.2) is 0 Å². The summed E-state index contributed by atoms with van der Waals surface area (Å²) in [5.74, 6) is 0. The van der Waals surface area contributed by atoms with Gasteiger partial charge in [-0.3, -0.25) is 4.90 Å². The van der Waals surface area contributed by atoms with Crippen LogP contribution in [0.2, 0.25) is 0 Å². The number of β-amino-alcohol motifs (C(OH)–C–C–N with tert-alkyl or cyclic N) is 2. The fraction of sp³-hybridized carbons (Fsp3) is 1.00. The van der Waals surface area contributed by atoms with E-state index in [1.165, 1.54) is 0 Å². The molecular weight excluding hydrogens is 274 g/mol. The number of hydrogen-bond acceptors (Lipinski definition) is 4. The number of aliphatic hydroxyl groups is 2. The van der Waals surface area contributed by atoms with Crippen molar-refractivity contribution in [2.75, 3.05) is 38.2 Å². The molecule has 94 valence electrons. The minimum atomic E-state index is -0.577. The molecule has 2 fully saturated rings. The predicted molar refractivity (Wildman–Crippen MR) is 64.7 cm³/mol. The lowest BCUT2D eigenvalue weighted by Crippen LogP contribution is -2.42. The Labute approximate surface area is 105 Å². The Hall–Kier alpha value is 0.320. The highest BCUT2D eigenvalue weighted by Crippen LogP contribution is 2.34. The summed E-state index contributed by atoms with van der Waals surface area (Å²) >= 11 is 3.60. The zero-order valence-electron chi connectivity index (χ0n) is 9.44. The lowest BCUT2D eigenvalue weighted by Gasteiger charge is -2.38. The molecule has 0 aromatic heterocycles. The quantitative estimate of drug-likeness (QED) is 0.731. The van der Waals surface area contributed by atoms with E-state index in [9.17, 15) is 10.2 Å². The van der Waals surface area contributed by atoms with Crippen molar-refractivity contribution in [3.05, 3.63) is 0 Å². The minimum Gasteiger partial charge on any atom is -0.389 e.